The van der Waals surface area contributed by atoms with Gasteiger partial charge in [0, 0.05) is 28.7 Å². The smallest absolute Gasteiger partial charge is 0.271 e. The Morgan fingerprint density at radius 3 is 2.64 bits per heavy atom. The number of ether oxygens (including phenoxy) is 1. The van der Waals surface area contributed by atoms with E-state index in [9.17, 15) is 20.2 Å². The van der Waals surface area contributed by atoms with E-state index < -0.39 is 10.8 Å². The van der Waals surface area contributed by atoms with Crippen LogP contribution in [0.25, 0.3) is 6.08 Å². The van der Waals surface area contributed by atoms with E-state index in [1.54, 1.807) is 6.07 Å². The Morgan fingerprint density at radius 2 is 1.94 bits per heavy atom. The van der Waals surface area contributed by atoms with Gasteiger partial charge in [0.05, 0.1) is 11.5 Å². The molecule has 0 saturated carbocycles. The average molecular weight is 506 g/mol. The second-order valence-corrected chi connectivity index (χ2v) is 7.85. The van der Waals surface area contributed by atoms with Gasteiger partial charge in [-0.2, -0.15) is 5.26 Å². The zero-order valence-corrected chi connectivity index (χ0v) is 19.3. The number of carbonyl (C=O) groups is 1. The zero-order valence-electron chi connectivity index (χ0n) is 17.7. The van der Waals surface area contributed by atoms with Crippen LogP contribution in [0.4, 0.5) is 11.4 Å². The van der Waals surface area contributed by atoms with Crippen LogP contribution in [0.1, 0.15) is 23.6 Å². The fourth-order valence-corrected chi connectivity index (χ4v) is 3.58. The van der Waals surface area contributed by atoms with Gasteiger partial charge in [0.2, 0.25) is 0 Å². The molecule has 1 N–H and O–H groups in total. The third-order valence-electron chi connectivity index (χ3n) is 4.72. The maximum atomic E-state index is 12.6. The van der Waals surface area contributed by atoms with Crippen molar-refractivity contribution >= 4 is 39.3 Å². The lowest BCUT2D eigenvalue weighted by Crippen LogP contribution is -2.13. The molecule has 0 atom stereocenters. The quantitative estimate of drug-likeness (QED) is 0.178. The van der Waals surface area contributed by atoms with Crippen molar-refractivity contribution in [1.82, 2.24) is 0 Å². The monoisotopic (exact) mass is 505 g/mol. The SMILES string of the molecule is CCOc1cc(/C=C(\C#N)C(=O)Nc2cccc([N+](=O)[O-])c2)ccc1Cc1ccccc1Br. The molecule has 8 heteroatoms. The van der Waals surface area contributed by atoms with Gasteiger partial charge in [-0.3, -0.25) is 14.9 Å². The first-order chi connectivity index (χ1) is 15.9. The van der Waals surface area contributed by atoms with Gasteiger partial charge >= 0.3 is 0 Å². The van der Waals surface area contributed by atoms with E-state index in [2.05, 4.69) is 21.2 Å². The molecule has 166 valence electrons. The summed E-state index contributed by atoms with van der Waals surface area (Å²) in [4.78, 5) is 23.0. The summed E-state index contributed by atoms with van der Waals surface area (Å²) in [5, 5.41) is 23.0. The molecule has 0 spiro atoms. The molecule has 7 nitrogen and oxygen atoms in total. The van der Waals surface area contributed by atoms with Crippen molar-refractivity contribution in [2.45, 2.75) is 13.3 Å². The van der Waals surface area contributed by atoms with Crippen molar-refractivity contribution in [1.29, 1.82) is 5.26 Å². The van der Waals surface area contributed by atoms with Crippen molar-refractivity contribution in [3.63, 3.8) is 0 Å². The highest BCUT2D eigenvalue weighted by atomic mass is 79.9. The topological polar surface area (TPSA) is 105 Å². The highest BCUT2D eigenvalue weighted by Crippen LogP contribution is 2.28. The van der Waals surface area contributed by atoms with Crippen LogP contribution in [0.5, 0.6) is 5.75 Å². The summed E-state index contributed by atoms with van der Waals surface area (Å²) in [5.74, 6) is 0.00614. The summed E-state index contributed by atoms with van der Waals surface area (Å²) < 4.78 is 6.81. The number of nitro groups is 1. The molecule has 0 saturated heterocycles. The van der Waals surface area contributed by atoms with Crippen molar-refractivity contribution in [3.8, 4) is 11.8 Å². The molecule has 0 aliphatic heterocycles. The van der Waals surface area contributed by atoms with Crippen LogP contribution in [0.2, 0.25) is 0 Å². The van der Waals surface area contributed by atoms with Crippen LogP contribution in [0.15, 0.2) is 76.8 Å². The largest absolute Gasteiger partial charge is 0.494 e. The van der Waals surface area contributed by atoms with Gasteiger partial charge in [-0.05, 0) is 47.9 Å². The van der Waals surface area contributed by atoms with Crippen molar-refractivity contribution < 1.29 is 14.5 Å². The standard InChI is InChI=1S/C25H20BrN3O4/c1-2-33-24-13-17(10-11-19(24)14-18-6-3-4-9-23(18)26)12-20(16-27)25(30)28-21-7-5-8-22(15-21)29(31)32/h3-13,15H,2,14H2,1H3,(H,28,30)/b20-12+. The fourth-order valence-electron chi connectivity index (χ4n) is 3.15. The van der Waals surface area contributed by atoms with Gasteiger partial charge < -0.3 is 10.1 Å². The predicted octanol–water partition coefficient (Wildman–Crippen LogP) is 5.89. The van der Waals surface area contributed by atoms with Crippen molar-refractivity contribution in [2.75, 3.05) is 11.9 Å². The Kier molecular flexibility index (Phi) is 7.95. The lowest BCUT2D eigenvalue weighted by molar-refractivity contribution is -0.384. The Balaban J connectivity index is 1.85. The number of amides is 1. The summed E-state index contributed by atoms with van der Waals surface area (Å²) in [6.45, 7) is 2.35. The molecule has 0 heterocycles. The van der Waals surface area contributed by atoms with Gasteiger partial charge in [-0.15, -0.1) is 0 Å². The zero-order chi connectivity index (χ0) is 23.8. The predicted molar refractivity (Wildman–Crippen MR) is 130 cm³/mol. The molecule has 0 aromatic heterocycles. The lowest BCUT2D eigenvalue weighted by atomic mass is 10.0. The van der Waals surface area contributed by atoms with Gasteiger partial charge in [-0.25, -0.2) is 0 Å². The van der Waals surface area contributed by atoms with E-state index in [0.29, 0.717) is 24.3 Å². The van der Waals surface area contributed by atoms with Crippen LogP contribution >= 0.6 is 15.9 Å². The van der Waals surface area contributed by atoms with E-state index in [-0.39, 0.29) is 16.9 Å². The van der Waals surface area contributed by atoms with E-state index in [1.165, 1.54) is 30.3 Å². The molecule has 0 radical (unpaired) electrons. The van der Waals surface area contributed by atoms with Gasteiger partial charge in [0.1, 0.15) is 17.4 Å². The molecule has 1 amide bonds. The Bertz CT molecular complexity index is 1260. The van der Waals surface area contributed by atoms with Crippen LogP contribution in [-0.4, -0.2) is 17.4 Å². The Labute approximate surface area is 199 Å². The number of hydrogen-bond donors (Lipinski definition) is 1. The minimum absolute atomic E-state index is 0.137. The maximum absolute atomic E-state index is 12.6. The van der Waals surface area contributed by atoms with Crippen LogP contribution in [0.3, 0.4) is 0 Å². The number of halogens is 1. The molecule has 0 aliphatic rings. The number of nitrogens with one attached hydrogen (secondary N) is 1. The second kappa shape index (κ2) is 11.1. The molecule has 3 rings (SSSR count). The molecule has 3 aromatic carbocycles. The first kappa shape index (κ1) is 23.7. The molecular weight excluding hydrogens is 486 g/mol. The van der Waals surface area contributed by atoms with E-state index >= 15 is 0 Å². The summed E-state index contributed by atoms with van der Waals surface area (Å²) in [6, 6.07) is 20.9. The van der Waals surface area contributed by atoms with Crippen LogP contribution < -0.4 is 10.1 Å². The number of carbonyl (C=O) groups excluding carboxylic acids is 1. The summed E-state index contributed by atoms with van der Waals surface area (Å²) in [5.41, 5.74) is 2.64. The number of non-ortho nitro benzene ring substituents is 1. The molecule has 0 bridgehead atoms. The first-order valence-corrected chi connectivity index (χ1v) is 10.9. The molecular formula is C25H20BrN3O4. The minimum atomic E-state index is -0.659. The fraction of sp³-hybridized carbons (Fsp3) is 0.120. The van der Waals surface area contributed by atoms with E-state index in [0.717, 1.165) is 15.6 Å². The van der Waals surface area contributed by atoms with Gasteiger partial charge in [-0.1, -0.05) is 52.3 Å². The van der Waals surface area contributed by atoms with Crippen LogP contribution in [0, 0.1) is 21.4 Å². The van der Waals surface area contributed by atoms with Crippen molar-refractivity contribution in [3.05, 3.63) is 104 Å². The highest BCUT2D eigenvalue weighted by molar-refractivity contribution is 9.10. The Hall–Kier alpha value is -3.96. The number of benzene rings is 3. The van der Waals surface area contributed by atoms with E-state index in [1.807, 2.05) is 49.4 Å². The number of nitro benzene ring substituents is 1. The summed E-state index contributed by atoms with van der Waals surface area (Å²) in [6.07, 6.45) is 2.11. The normalized spacial score (nSPS) is 10.9. The van der Waals surface area contributed by atoms with Gasteiger partial charge in [0.15, 0.2) is 0 Å². The third kappa shape index (κ3) is 6.28. The molecule has 0 unspecified atom stereocenters. The van der Waals surface area contributed by atoms with Crippen molar-refractivity contribution in [2.24, 2.45) is 0 Å². The molecule has 0 aliphatic carbocycles. The highest BCUT2D eigenvalue weighted by Gasteiger charge is 2.13. The molecule has 0 fully saturated rings. The minimum Gasteiger partial charge on any atom is -0.494 e. The summed E-state index contributed by atoms with van der Waals surface area (Å²) in [7, 11) is 0. The van der Waals surface area contributed by atoms with E-state index in [4.69, 9.17) is 4.74 Å². The molecule has 3 aromatic rings. The number of rotatable bonds is 8. The Morgan fingerprint density at radius 1 is 1.15 bits per heavy atom. The van der Waals surface area contributed by atoms with Gasteiger partial charge in [0.25, 0.3) is 11.6 Å². The second-order valence-electron chi connectivity index (χ2n) is 7.00. The average Bonchev–Trinajstić information content (AvgIpc) is 2.80. The molecule has 33 heavy (non-hydrogen) atoms. The summed E-state index contributed by atoms with van der Waals surface area (Å²) >= 11 is 3.56. The number of nitrogens with zero attached hydrogens (tertiary/aromatic N) is 2. The van der Waals surface area contributed by atoms with Crippen LogP contribution in [-0.2, 0) is 11.2 Å². The number of nitriles is 1. The third-order valence-corrected chi connectivity index (χ3v) is 5.49. The lowest BCUT2D eigenvalue weighted by Gasteiger charge is -2.12. The number of anilines is 1. The maximum Gasteiger partial charge on any atom is 0.271 e. The number of hydrogen-bond acceptors (Lipinski definition) is 5. The first-order valence-electron chi connectivity index (χ1n) is 10.1.